The Hall–Kier alpha value is -4.78. The summed E-state index contributed by atoms with van der Waals surface area (Å²) in [5.74, 6) is -6.46. The van der Waals surface area contributed by atoms with E-state index in [0.29, 0.717) is 19.4 Å². The lowest BCUT2D eigenvalue weighted by Gasteiger charge is -2.25. The maximum Gasteiger partial charge on any atom is 0.322 e. The number of primary amides is 1. The molecule has 0 saturated carbocycles. The summed E-state index contributed by atoms with van der Waals surface area (Å²) in [6.07, 6.45) is 0.264. The van der Waals surface area contributed by atoms with Crippen LogP contribution in [0, 0.1) is 10.1 Å². The number of aliphatic carboxylic acids is 1. The summed E-state index contributed by atoms with van der Waals surface area (Å²) < 4.78 is 0. The minimum atomic E-state index is -1.53. The van der Waals surface area contributed by atoms with E-state index in [1.54, 1.807) is 0 Å². The fourth-order valence-corrected chi connectivity index (χ4v) is 5.04. The molecular weight excluding hydrogens is 604 g/mol. The second-order valence-electron chi connectivity index (χ2n) is 9.57. The highest BCUT2D eigenvalue weighted by atomic mass is 32.2. The van der Waals surface area contributed by atoms with Crippen LogP contribution in [0.1, 0.15) is 42.5 Å². The Balaban J connectivity index is 2.40. The minimum absolute atomic E-state index is 0.0757. The number of unbranched alkanes of at least 4 members (excludes halogenated alkanes) is 1. The zero-order chi connectivity index (χ0) is 32.8. The summed E-state index contributed by atoms with van der Waals surface area (Å²) in [6, 6.07) is -0.514. The van der Waals surface area contributed by atoms with E-state index in [-0.39, 0.29) is 34.7 Å². The summed E-state index contributed by atoms with van der Waals surface area (Å²) >= 11 is 1.04. The molecule has 2 rings (SSSR count). The molecule has 6 amide bonds. The summed E-state index contributed by atoms with van der Waals surface area (Å²) in [7, 11) is 0. The van der Waals surface area contributed by atoms with E-state index in [0.717, 1.165) is 17.8 Å². The van der Waals surface area contributed by atoms with Crippen LogP contribution in [0.4, 0.5) is 5.69 Å². The standard InChI is InChI=1S/C25H34N8O10S/c26-7-2-1-3-15(23(39)29-12-21(36)37)31-24(40)16-6-8-44-18-5-4-13(33(42)43)9-14(18)22(38)28-11-20(35)30-17(10-19(27)34)25(41)32-16/h4-5,9,15-17H,1-3,6-8,10-12,26H2,(H2,27,34)(H,28,38)(H,29,39)(H,30,35)(H,31,40)(H,32,41)(H,36,37)/t15-,16-,17-/m0/s1. The predicted molar refractivity (Wildman–Crippen MR) is 154 cm³/mol. The number of carboxylic acid groups (broad SMARTS) is 1. The van der Waals surface area contributed by atoms with Crippen molar-refractivity contribution in [1.29, 1.82) is 0 Å². The summed E-state index contributed by atoms with van der Waals surface area (Å²) in [5, 5.41) is 31.9. The van der Waals surface area contributed by atoms with Crippen molar-refractivity contribution in [3.63, 3.8) is 0 Å². The molecule has 0 bridgehead atoms. The van der Waals surface area contributed by atoms with Crippen molar-refractivity contribution in [2.75, 3.05) is 25.4 Å². The normalized spacial score (nSPS) is 18.2. The third kappa shape index (κ3) is 11.5. The molecule has 0 spiro atoms. The van der Waals surface area contributed by atoms with Crippen molar-refractivity contribution in [3.05, 3.63) is 33.9 Å². The fourth-order valence-electron chi connectivity index (χ4n) is 3.99. The Labute approximate surface area is 254 Å². The number of hydrogen-bond donors (Lipinski definition) is 8. The molecule has 18 nitrogen and oxygen atoms in total. The Morgan fingerprint density at radius 2 is 1.89 bits per heavy atom. The van der Waals surface area contributed by atoms with Gasteiger partial charge in [0, 0.05) is 22.8 Å². The molecule has 0 unspecified atom stereocenters. The van der Waals surface area contributed by atoms with E-state index in [1.165, 1.54) is 12.1 Å². The number of nitro benzene ring substituents is 1. The van der Waals surface area contributed by atoms with Crippen LogP contribution in [0.2, 0.25) is 0 Å². The van der Waals surface area contributed by atoms with Gasteiger partial charge in [0.2, 0.25) is 29.5 Å². The van der Waals surface area contributed by atoms with Crippen LogP contribution in [0.3, 0.4) is 0 Å². The van der Waals surface area contributed by atoms with Gasteiger partial charge in [-0.05, 0) is 38.3 Å². The van der Waals surface area contributed by atoms with Gasteiger partial charge in [0.25, 0.3) is 11.6 Å². The van der Waals surface area contributed by atoms with Gasteiger partial charge in [-0.3, -0.25) is 43.7 Å². The SMILES string of the molecule is NCCCC[C@H](NC(=O)[C@@H]1CCSc2ccc([N+](=O)[O-])cc2C(=O)NCC(=O)N[C@@H](CC(N)=O)C(=O)N1)C(=O)NCC(=O)O. The summed E-state index contributed by atoms with van der Waals surface area (Å²) in [5.41, 5.74) is 10.3. The van der Waals surface area contributed by atoms with Gasteiger partial charge < -0.3 is 43.2 Å². The number of nitrogens with two attached hydrogens (primary N) is 2. The molecule has 44 heavy (non-hydrogen) atoms. The number of carboxylic acids is 1. The van der Waals surface area contributed by atoms with E-state index in [9.17, 15) is 43.7 Å². The largest absolute Gasteiger partial charge is 0.480 e. The van der Waals surface area contributed by atoms with E-state index in [1.807, 2.05) is 0 Å². The summed E-state index contributed by atoms with van der Waals surface area (Å²) in [4.78, 5) is 98.0. The monoisotopic (exact) mass is 638 g/mol. The van der Waals surface area contributed by atoms with Crippen molar-refractivity contribution in [3.8, 4) is 0 Å². The molecule has 1 aliphatic rings. The van der Waals surface area contributed by atoms with E-state index < -0.39 is 84.0 Å². The molecule has 19 heteroatoms. The first-order valence-corrected chi connectivity index (χ1v) is 14.4. The van der Waals surface area contributed by atoms with Crippen molar-refractivity contribution in [2.24, 2.45) is 11.5 Å². The van der Waals surface area contributed by atoms with Gasteiger partial charge in [-0.15, -0.1) is 11.8 Å². The van der Waals surface area contributed by atoms with Gasteiger partial charge in [-0.25, -0.2) is 0 Å². The van der Waals surface area contributed by atoms with Crippen LogP contribution < -0.4 is 38.1 Å². The van der Waals surface area contributed by atoms with Gasteiger partial charge in [0.1, 0.15) is 24.7 Å². The lowest BCUT2D eigenvalue weighted by atomic mass is 10.1. The van der Waals surface area contributed by atoms with Crippen molar-refractivity contribution in [1.82, 2.24) is 26.6 Å². The lowest BCUT2D eigenvalue weighted by Crippen LogP contribution is -2.58. The number of non-ortho nitro benzene ring substituents is 1. The Morgan fingerprint density at radius 3 is 2.52 bits per heavy atom. The number of carbonyl (C=O) groups excluding carboxylic acids is 6. The topological polar surface area (TPSA) is 295 Å². The number of thioether (sulfide) groups is 1. The van der Waals surface area contributed by atoms with Crippen molar-refractivity contribution >= 4 is 58.9 Å². The van der Waals surface area contributed by atoms with E-state index in [4.69, 9.17) is 16.6 Å². The van der Waals surface area contributed by atoms with Crippen molar-refractivity contribution in [2.45, 2.75) is 55.1 Å². The van der Waals surface area contributed by atoms with Crippen molar-refractivity contribution < 1.29 is 43.6 Å². The number of amides is 6. The smallest absolute Gasteiger partial charge is 0.322 e. The molecule has 1 aromatic carbocycles. The zero-order valence-electron chi connectivity index (χ0n) is 23.5. The number of rotatable bonds is 12. The first kappa shape index (κ1) is 35.4. The molecule has 1 aromatic rings. The van der Waals surface area contributed by atoms with Crippen LogP contribution in [0.15, 0.2) is 23.1 Å². The zero-order valence-corrected chi connectivity index (χ0v) is 24.3. The molecule has 0 radical (unpaired) electrons. The second kappa shape index (κ2) is 17.4. The molecule has 240 valence electrons. The molecule has 0 saturated heterocycles. The fraction of sp³-hybridized carbons (Fsp3) is 0.480. The third-order valence-electron chi connectivity index (χ3n) is 6.18. The Kier molecular flexibility index (Phi) is 14.0. The molecule has 1 aliphatic heterocycles. The maximum absolute atomic E-state index is 13.4. The van der Waals surface area contributed by atoms with Crippen LogP contribution in [0.5, 0.6) is 0 Å². The summed E-state index contributed by atoms with van der Waals surface area (Å²) in [6.45, 7) is -1.05. The van der Waals surface area contributed by atoms with Gasteiger partial charge in [0.05, 0.1) is 23.5 Å². The van der Waals surface area contributed by atoms with Crippen LogP contribution >= 0.6 is 11.8 Å². The quantitative estimate of drug-likeness (QED) is 0.0668. The minimum Gasteiger partial charge on any atom is -0.480 e. The average molecular weight is 639 g/mol. The number of nitrogens with one attached hydrogen (secondary N) is 5. The number of nitrogens with zero attached hydrogens (tertiary/aromatic N) is 1. The highest BCUT2D eigenvalue weighted by molar-refractivity contribution is 7.99. The average Bonchev–Trinajstić information content (AvgIpc) is 2.96. The molecule has 3 atom stereocenters. The van der Waals surface area contributed by atoms with Crippen LogP contribution in [-0.2, 0) is 28.8 Å². The number of hydrogen-bond acceptors (Lipinski definition) is 11. The Bertz CT molecular complexity index is 1290. The number of carbonyl (C=O) groups is 7. The predicted octanol–water partition coefficient (Wildman–Crippen LogP) is -2.52. The first-order valence-electron chi connectivity index (χ1n) is 13.4. The number of nitro groups is 1. The number of benzene rings is 1. The van der Waals surface area contributed by atoms with Crippen LogP contribution in [-0.4, -0.2) is 95.0 Å². The molecule has 10 N–H and O–H groups in total. The molecular formula is C25H34N8O10S. The van der Waals surface area contributed by atoms with Gasteiger partial charge in [0.15, 0.2) is 0 Å². The third-order valence-corrected chi connectivity index (χ3v) is 7.28. The van der Waals surface area contributed by atoms with Gasteiger partial charge in [-0.2, -0.15) is 0 Å². The highest BCUT2D eigenvalue weighted by Crippen LogP contribution is 2.28. The van der Waals surface area contributed by atoms with E-state index in [2.05, 4.69) is 26.6 Å². The second-order valence-corrected chi connectivity index (χ2v) is 10.7. The van der Waals surface area contributed by atoms with Gasteiger partial charge >= 0.3 is 5.97 Å². The highest BCUT2D eigenvalue weighted by Gasteiger charge is 2.31. The molecule has 0 aromatic heterocycles. The molecule has 0 fully saturated rings. The van der Waals surface area contributed by atoms with Crippen LogP contribution in [0.25, 0.3) is 0 Å². The lowest BCUT2D eigenvalue weighted by molar-refractivity contribution is -0.384. The molecule has 1 heterocycles. The van der Waals surface area contributed by atoms with Gasteiger partial charge in [-0.1, -0.05) is 0 Å². The molecule has 0 aliphatic carbocycles. The van der Waals surface area contributed by atoms with E-state index >= 15 is 0 Å². The Morgan fingerprint density at radius 1 is 1.16 bits per heavy atom. The number of fused-ring (bicyclic) bond motifs is 1. The first-order chi connectivity index (χ1) is 20.8. The maximum atomic E-state index is 13.4.